The smallest absolute Gasteiger partial charge is 0.221 e. The van der Waals surface area contributed by atoms with Gasteiger partial charge in [-0.15, -0.1) is 0 Å². The summed E-state index contributed by atoms with van der Waals surface area (Å²) in [6.07, 6.45) is 5.67. The van der Waals surface area contributed by atoms with E-state index in [9.17, 15) is 9.59 Å². The van der Waals surface area contributed by atoms with Gasteiger partial charge in [0.1, 0.15) is 0 Å². The number of halogens is 2. The van der Waals surface area contributed by atoms with Crippen molar-refractivity contribution < 1.29 is 9.59 Å². The van der Waals surface area contributed by atoms with Gasteiger partial charge in [-0.25, -0.2) is 0 Å². The second-order valence-electron chi connectivity index (χ2n) is 3.77. The molecule has 0 aromatic heterocycles. The van der Waals surface area contributed by atoms with Gasteiger partial charge >= 0.3 is 0 Å². The van der Waals surface area contributed by atoms with E-state index >= 15 is 0 Å². The van der Waals surface area contributed by atoms with Crippen LogP contribution in [0.1, 0.15) is 51.9 Å². The van der Waals surface area contributed by atoms with E-state index in [-0.39, 0.29) is 10.5 Å². The first kappa shape index (κ1) is 14.9. The van der Waals surface area contributed by atoms with Crippen molar-refractivity contribution in [1.29, 1.82) is 0 Å². The molecule has 0 aromatic rings. The van der Waals surface area contributed by atoms with Crippen molar-refractivity contribution in [3.8, 4) is 0 Å². The highest BCUT2D eigenvalue weighted by atomic mass is 35.5. The highest BCUT2D eigenvalue weighted by Gasteiger charge is 2.08. The lowest BCUT2D eigenvalue weighted by Gasteiger charge is -2.13. The lowest BCUT2D eigenvalue weighted by Crippen LogP contribution is -2.01. The van der Waals surface area contributed by atoms with E-state index < -0.39 is 0 Å². The molecule has 0 radical (unpaired) electrons. The van der Waals surface area contributed by atoms with E-state index in [1.165, 1.54) is 0 Å². The third kappa shape index (κ3) is 10.2. The molecular weight excluding hydrogens is 235 g/mol. The molecule has 0 N–H and O–H groups in total. The molecule has 0 rings (SSSR count). The fourth-order valence-electron chi connectivity index (χ4n) is 1.61. The Labute approximate surface area is 101 Å². The minimum absolute atomic E-state index is 0.263. The molecule has 0 heterocycles. The van der Waals surface area contributed by atoms with Crippen molar-refractivity contribution in [3.63, 3.8) is 0 Å². The number of carbonyl (C=O) groups is 2. The minimum Gasteiger partial charge on any atom is -0.281 e. The van der Waals surface area contributed by atoms with Crippen molar-refractivity contribution in [3.05, 3.63) is 0 Å². The molecule has 0 aliphatic heterocycles. The summed E-state index contributed by atoms with van der Waals surface area (Å²) in [5.41, 5.74) is 0. The molecule has 0 bridgehead atoms. The summed E-state index contributed by atoms with van der Waals surface area (Å²) in [5, 5.41) is -0.526. The molecule has 0 aromatic carbocycles. The summed E-state index contributed by atoms with van der Waals surface area (Å²) in [6, 6.07) is 0. The number of hydrogen-bond acceptors (Lipinski definition) is 2. The summed E-state index contributed by atoms with van der Waals surface area (Å²) in [5.74, 6) is 0.581. The Morgan fingerprint density at radius 3 is 1.67 bits per heavy atom. The molecule has 0 unspecified atom stereocenters. The van der Waals surface area contributed by atoms with Crippen molar-refractivity contribution in [1.82, 2.24) is 0 Å². The van der Waals surface area contributed by atoms with Gasteiger partial charge in [0.25, 0.3) is 0 Å². The van der Waals surface area contributed by atoms with E-state index in [4.69, 9.17) is 23.2 Å². The van der Waals surface area contributed by atoms with E-state index in [0.717, 1.165) is 32.1 Å². The number of hydrogen-bond donors (Lipinski definition) is 0. The summed E-state index contributed by atoms with van der Waals surface area (Å²) in [6.45, 7) is 2.12. The molecule has 88 valence electrons. The van der Waals surface area contributed by atoms with E-state index in [1.807, 2.05) is 0 Å². The van der Waals surface area contributed by atoms with Crippen LogP contribution in [0.4, 0.5) is 0 Å². The molecule has 0 saturated carbocycles. The molecule has 0 aliphatic rings. The van der Waals surface area contributed by atoms with Crippen molar-refractivity contribution >= 4 is 33.7 Å². The van der Waals surface area contributed by atoms with Crippen molar-refractivity contribution in [2.75, 3.05) is 0 Å². The van der Waals surface area contributed by atoms with E-state index in [1.54, 1.807) is 0 Å². The predicted octanol–water partition coefficient (Wildman–Crippen LogP) is 3.88. The molecule has 0 aliphatic carbocycles. The Balaban J connectivity index is 3.54. The van der Waals surface area contributed by atoms with E-state index in [2.05, 4.69) is 6.92 Å². The second-order valence-corrected chi connectivity index (χ2v) is 4.61. The van der Waals surface area contributed by atoms with Crippen LogP contribution in [0.25, 0.3) is 0 Å². The van der Waals surface area contributed by atoms with Crippen LogP contribution in [0.5, 0.6) is 0 Å². The Kier molecular flexibility index (Phi) is 9.12. The first-order chi connectivity index (χ1) is 7.06. The van der Waals surface area contributed by atoms with Crippen molar-refractivity contribution in [2.24, 2.45) is 5.92 Å². The molecule has 0 amide bonds. The Bertz CT molecular complexity index is 185. The largest absolute Gasteiger partial charge is 0.281 e. The van der Waals surface area contributed by atoms with Gasteiger partial charge < -0.3 is 0 Å². The van der Waals surface area contributed by atoms with Gasteiger partial charge in [-0.2, -0.15) is 0 Å². The van der Waals surface area contributed by atoms with Crippen LogP contribution in [0.3, 0.4) is 0 Å². The van der Waals surface area contributed by atoms with Gasteiger partial charge in [-0.05, 0) is 54.8 Å². The lowest BCUT2D eigenvalue weighted by atomic mass is 9.94. The van der Waals surface area contributed by atoms with E-state index in [0.29, 0.717) is 18.8 Å². The average Bonchev–Trinajstić information content (AvgIpc) is 2.14. The molecule has 0 saturated heterocycles. The number of rotatable bonds is 9. The molecule has 15 heavy (non-hydrogen) atoms. The molecular formula is C11H18Cl2O2. The van der Waals surface area contributed by atoms with Gasteiger partial charge in [0.15, 0.2) is 0 Å². The van der Waals surface area contributed by atoms with Crippen LogP contribution in [0, 0.1) is 5.92 Å². The van der Waals surface area contributed by atoms with Gasteiger partial charge in [-0.1, -0.05) is 13.3 Å². The molecule has 0 spiro atoms. The minimum atomic E-state index is -0.263. The van der Waals surface area contributed by atoms with Gasteiger partial charge in [-0.3, -0.25) is 9.59 Å². The molecule has 0 fully saturated rings. The van der Waals surface area contributed by atoms with Crippen molar-refractivity contribution in [2.45, 2.75) is 51.9 Å². The third-order valence-corrected chi connectivity index (χ3v) is 2.93. The fourth-order valence-corrected chi connectivity index (χ4v) is 1.88. The topological polar surface area (TPSA) is 34.1 Å². The predicted molar refractivity (Wildman–Crippen MR) is 63.2 cm³/mol. The fraction of sp³-hybridized carbons (Fsp3) is 0.818. The summed E-state index contributed by atoms with van der Waals surface area (Å²) in [4.78, 5) is 21.0. The van der Waals surface area contributed by atoms with Gasteiger partial charge in [0.05, 0.1) is 0 Å². The van der Waals surface area contributed by atoms with Crippen LogP contribution in [-0.2, 0) is 9.59 Å². The summed E-state index contributed by atoms with van der Waals surface area (Å²) < 4.78 is 0. The van der Waals surface area contributed by atoms with Gasteiger partial charge in [0, 0.05) is 12.8 Å². The van der Waals surface area contributed by atoms with Gasteiger partial charge in [0.2, 0.25) is 10.5 Å². The first-order valence-electron chi connectivity index (χ1n) is 5.43. The zero-order valence-electron chi connectivity index (χ0n) is 9.10. The standard InChI is InChI=1S/C11H18Cl2O2/c1-2-9(5-3-7-10(12)14)6-4-8-11(13)15/h9H,2-8H2,1H3. The second kappa shape index (κ2) is 9.17. The highest BCUT2D eigenvalue weighted by molar-refractivity contribution is 6.63. The van der Waals surface area contributed by atoms with Crippen LogP contribution in [0.2, 0.25) is 0 Å². The highest BCUT2D eigenvalue weighted by Crippen LogP contribution is 2.20. The molecule has 0 atom stereocenters. The third-order valence-electron chi connectivity index (χ3n) is 2.55. The van der Waals surface area contributed by atoms with Crippen LogP contribution in [0.15, 0.2) is 0 Å². The molecule has 2 nitrogen and oxygen atoms in total. The summed E-state index contributed by atoms with van der Waals surface area (Å²) in [7, 11) is 0. The summed E-state index contributed by atoms with van der Waals surface area (Å²) >= 11 is 10.5. The van der Waals surface area contributed by atoms with Crippen LogP contribution >= 0.6 is 23.2 Å². The molecule has 4 heteroatoms. The first-order valence-corrected chi connectivity index (χ1v) is 6.18. The van der Waals surface area contributed by atoms with Crippen LogP contribution in [-0.4, -0.2) is 10.5 Å². The average molecular weight is 253 g/mol. The monoisotopic (exact) mass is 252 g/mol. The number of carbonyl (C=O) groups excluding carboxylic acids is 2. The zero-order valence-corrected chi connectivity index (χ0v) is 10.6. The maximum atomic E-state index is 10.5. The zero-order chi connectivity index (χ0) is 11.7. The quantitative estimate of drug-likeness (QED) is 0.584. The maximum Gasteiger partial charge on any atom is 0.221 e. The maximum absolute atomic E-state index is 10.5. The SMILES string of the molecule is CCC(CCCC(=O)Cl)CCCC(=O)Cl. The Morgan fingerprint density at radius 2 is 1.40 bits per heavy atom. The Hall–Kier alpha value is -0.0800. The van der Waals surface area contributed by atoms with Crippen LogP contribution < -0.4 is 0 Å². The normalized spacial score (nSPS) is 10.7. The lowest BCUT2D eigenvalue weighted by molar-refractivity contribution is -0.112. The Morgan fingerprint density at radius 1 is 1.00 bits per heavy atom.